The molecule has 1 aliphatic heterocycles. The molecule has 16 heavy (non-hydrogen) atoms. The minimum atomic E-state index is 0.491. The Balaban J connectivity index is 2.33. The number of nitriles is 1. The molecule has 0 aliphatic carbocycles. The molecule has 0 saturated carbocycles. The molecule has 2 atom stereocenters. The maximum Gasteiger partial charge on any atom is 0.163 e. The van der Waals surface area contributed by atoms with E-state index < -0.39 is 0 Å². The number of hydrogen-bond donors (Lipinski definition) is 0. The predicted octanol–water partition coefficient (Wildman–Crippen LogP) is 2.58. The Bertz CT molecular complexity index is 408. The third kappa shape index (κ3) is 1.88. The van der Waals surface area contributed by atoms with Crippen molar-refractivity contribution >= 4 is 5.69 Å². The van der Waals surface area contributed by atoms with Crippen LogP contribution in [0, 0.1) is 17.2 Å². The summed E-state index contributed by atoms with van der Waals surface area (Å²) in [5.74, 6) is 0.681. The molecule has 0 spiro atoms. The van der Waals surface area contributed by atoms with Crippen molar-refractivity contribution < 1.29 is 0 Å². The fourth-order valence-corrected chi connectivity index (χ4v) is 2.39. The summed E-state index contributed by atoms with van der Waals surface area (Å²) in [6.45, 7) is 5.54. The maximum absolute atomic E-state index is 9.06. The summed E-state index contributed by atoms with van der Waals surface area (Å²) in [5, 5.41) is 9.06. The Labute approximate surface area is 96.7 Å². The van der Waals surface area contributed by atoms with Crippen molar-refractivity contribution in [3.05, 3.63) is 24.0 Å². The summed E-state index contributed by atoms with van der Waals surface area (Å²) in [7, 11) is 0. The van der Waals surface area contributed by atoms with Gasteiger partial charge in [-0.3, -0.25) is 0 Å². The highest BCUT2D eigenvalue weighted by molar-refractivity contribution is 5.56. The average Bonchev–Trinajstić information content (AvgIpc) is 2.33. The van der Waals surface area contributed by atoms with Gasteiger partial charge in [-0.2, -0.15) is 5.26 Å². The van der Waals surface area contributed by atoms with Crippen LogP contribution in [0.5, 0.6) is 0 Å². The number of aromatic nitrogens is 1. The molecule has 0 radical (unpaired) electrons. The Hall–Kier alpha value is -1.56. The van der Waals surface area contributed by atoms with E-state index in [2.05, 4.69) is 29.8 Å². The van der Waals surface area contributed by atoms with Crippen molar-refractivity contribution in [2.45, 2.75) is 32.7 Å². The molecule has 84 valence electrons. The fourth-order valence-electron chi connectivity index (χ4n) is 2.39. The number of rotatable bonds is 1. The summed E-state index contributed by atoms with van der Waals surface area (Å²) < 4.78 is 0. The van der Waals surface area contributed by atoms with Crippen molar-refractivity contribution in [1.82, 2.24) is 4.98 Å². The lowest BCUT2D eigenvalue weighted by molar-refractivity contribution is 0.363. The monoisotopic (exact) mass is 215 g/mol. The van der Waals surface area contributed by atoms with Crippen molar-refractivity contribution in [3.63, 3.8) is 0 Å². The van der Waals surface area contributed by atoms with Crippen molar-refractivity contribution in [1.29, 1.82) is 5.26 Å². The van der Waals surface area contributed by atoms with E-state index in [1.807, 2.05) is 12.1 Å². The molecule has 2 unspecified atom stereocenters. The number of nitrogens with zero attached hydrogens (tertiary/aromatic N) is 3. The van der Waals surface area contributed by atoms with E-state index in [1.54, 1.807) is 6.20 Å². The molecule has 2 rings (SSSR count). The van der Waals surface area contributed by atoms with E-state index in [0.29, 0.717) is 17.7 Å². The Kier molecular flexibility index (Phi) is 3.09. The standard InChI is InChI=1S/C13H17N3/c1-10-5-4-8-16(11(10)2)13-6-3-7-15-12(13)9-14/h3,6-7,10-11H,4-5,8H2,1-2H3. The third-order valence-electron chi connectivity index (χ3n) is 3.58. The van der Waals surface area contributed by atoms with E-state index in [0.717, 1.165) is 12.2 Å². The normalized spacial score (nSPS) is 25.2. The lowest BCUT2D eigenvalue weighted by Gasteiger charge is -2.39. The molecule has 1 aromatic rings. The first-order valence-electron chi connectivity index (χ1n) is 5.86. The first kappa shape index (κ1) is 10.9. The van der Waals surface area contributed by atoms with Gasteiger partial charge in [0.05, 0.1) is 5.69 Å². The molecule has 1 fully saturated rings. The SMILES string of the molecule is CC1CCCN(c2cccnc2C#N)C1C. The van der Waals surface area contributed by atoms with Gasteiger partial charge in [-0.25, -0.2) is 4.98 Å². The van der Waals surface area contributed by atoms with Gasteiger partial charge in [-0.05, 0) is 37.8 Å². The van der Waals surface area contributed by atoms with E-state index in [1.165, 1.54) is 12.8 Å². The quantitative estimate of drug-likeness (QED) is 0.723. The second-order valence-electron chi connectivity index (χ2n) is 4.54. The summed E-state index contributed by atoms with van der Waals surface area (Å²) in [5.41, 5.74) is 1.53. The van der Waals surface area contributed by atoms with Crippen LogP contribution in [0.4, 0.5) is 5.69 Å². The average molecular weight is 215 g/mol. The zero-order valence-corrected chi connectivity index (χ0v) is 9.85. The van der Waals surface area contributed by atoms with Crippen LogP contribution in [-0.2, 0) is 0 Å². The second-order valence-corrected chi connectivity index (χ2v) is 4.54. The van der Waals surface area contributed by atoms with Gasteiger partial charge in [-0.15, -0.1) is 0 Å². The van der Waals surface area contributed by atoms with Crippen molar-refractivity contribution in [2.24, 2.45) is 5.92 Å². The number of pyridine rings is 1. The van der Waals surface area contributed by atoms with Crippen LogP contribution in [0.3, 0.4) is 0 Å². The minimum absolute atomic E-state index is 0.491. The van der Waals surface area contributed by atoms with Crippen LogP contribution in [0.1, 0.15) is 32.4 Å². The lowest BCUT2D eigenvalue weighted by atomic mass is 9.91. The van der Waals surface area contributed by atoms with Gasteiger partial charge in [-0.1, -0.05) is 6.92 Å². The van der Waals surface area contributed by atoms with Gasteiger partial charge in [0.2, 0.25) is 0 Å². The summed E-state index contributed by atoms with van der Waals surface area (Å²) in [4.78, 5) is 6.45. The number of hydrogen-bond acceptors (Lipinski definition) is 3. The molecule has 3 heteroatoms. The van der Waals surface area contributed by atoms with Crippen LogP contribution in [0.2, 0.25) is 0 Å². The molecule has 1 aliphatic rings. The summed E-state index contributed by atoms with van der Waals surface area (Å²) in [6, 6.07) is 6.57. The first-order valence-corrected chi connectivity index (χ1v) is 5.86. The second kappa shape index (κ2) is 4.52. The molecular formula is C13H17N3. The molecule has 2 heterocycles. The highest BCUT2D eigenvalue weighted by Gasteiger charge is 2.26. The highest BCUT2D eigenvalue weighted by atomic mass is 15.2. The zero-order valence-electron chi connectivity index (χ0n) is 9.85. The predicted molar refractivity (Wildman–Crippen MR) is 64.2 cm³/mol. The Morgan fingerprint density at radius 3 is 3.06 bits per heavy atom. The van der Waals surface area contributed by atoms with Gasteiger partial charge >= 0.3 is 0 Å². The van der Waals surface area contributed by atoms with E-state index in [4.69, 9.17) is 5.26 Å². The smallest absolute Gasteiger partial charge is 0.163 e. The van der Waals surface area contributed by atoms with E-state index in [9.17, 15) is 0 Å². The van der Waals surface area contributed by atoms with E-state index in [-0.39, 0.29) is 0 Å². The Morgan fingerprint density at radius 1 is 1.50 bits per heavy atom. The maximum atomic E-state index is 9.06. The molecule has 0 N–H and O–H groups in total. The molecule has 1 aromatic heterocycles. The van der Waals surface area contributed by atoms with Gasteiger partial charge in [0.1, 0.15) is 6.07 Å². The molecule has 0 aromatic carbocycles. The Morgan fingerprint density at radius 2 is 2.31 bits per heavy atom. The van der Waals surface area contributed by atoms with Crippen LogP contribution in [0.15, 0.2) is 18.3 Å². The van der Waals surface area contributed by atoms with Gasteiger partial charge in [0.25, 0.3) is 0 Å². The van der Waals surface area contributed by atoms with Crippen LogP contribution in [-0.4, -0.2) is 17.6 Å². The highest BCUT2D eigenvalue weighted by Crippen LogP contribution is 2.29. The van der Waals surface area contributed by atoms with Gasteiger partial charge < -0.3 is 4.90 Å². The molecule has 1 saturated heterocycles. The topological polar surface area (TPSA) is 39.9 Å². The van der Waals surface area contributed by atoms with Gasteiger partial charge in [0.15, 0.2) is 5.69 Å². The van der Waals surface area contributed by atoms with Crippen LogP contribution >= 0.6 is 0 Å². The molecule has 3 nitrogen and oxygen atoms in total. The molecular weight excluding hydrogens is 198 g/mol. The lowest BCUT2D eigenvalue weighted by Crippen LogP contribution is -2.42. The minimum Gasteiger partial charge on any atom is -0.366 e. The number of anilines is 1. The van der Waals surface area contributed by atoms with Crippen LogP contribution in [0.25, 0.3) is 0 Å². The number of piperidine rings is 1. The molecule has 0 amide bonds. The van der Waals surface area contributed by atoms with Gasteiger partial charge in [0, 0.05) is 18.8 Å². The first-order chi connectivity index (χ1) is 7.74. The van der Waals surface area contributed by atoms with E-state index >= 15 is 0 Å². The molecule has 0 bridgehead atoms. The fraction of sp³-hybridized carbons (Fsp3) is 0.538. The largest absolute Gasteiger partial charge is 0.366 e. The van der Waals surface area contributed by atoms with Crippen molar-refractivity contribution in [3.8, 4) is 6.07 Å². The third-order valence-corrected chi connectivity index (χ3v) is 3.58. The zero-order chi connectivity index (χ0) is 11.5. The van der Waals surface area contributed by atoms with Crippen molar-refractivity contribution in [2.75, 3.05) is 11.4 Å². The summed E-state index contributed by atoms with van der Waals surface area (Å²) >= 11 is 0. The van der Waals surface area contributed by atoms with Crippen LogP contribution < -0.4 is 4.90 Å². The summed E-state index contributed by atoms with van der Waals surface area (Å²) in [6.07, 6.45) is 4.16.